The van der Waals surface area contributed by atoms with Crippen molar-refractivity contribution < 1.29 is 0 Å². The van der Waals surface area contributed by atoms with E-state index in [0.717, 1.165) is 90.7 Å². The van der Waals surface area contributed by atoms with Crippen LogP contribution in [0.3, 0.4) is 0 Å². The molecule has 149 heavy (non-hydrogen) atoms. The zero-order valence-electron chi connectivity index (χ0n) is 83.6. The quantitative estimate of drug-likeness (QED) is 0.127. The Morgan fingerprint density at radius 3 is 1.01 bits per heavy atom. The van der Waals surface area contributed by atoms with E-state index in [1.807, 2.05) is 11.3 Å². The summed E-state index contributed by atoms with van der Waals surface area (Å²) in [7, 11) is -6.18. The predicted octanol–water partition coefficient (Wildman–Crippen LogP) is 30.9. The average molecular weight is 1980 g/mol. The molecule has 0 fully saturated rings. The molecule has 19 aromatic carbocycles. The van der Waals surface area contributed by atoms with Gasteiger partial charge in [0.05, 0.1) is 61.2 Å². The lowest BCUT2D eigenvalue weighted by Gasteiger charge is -2.22. The highest BCUT2D eigenvalue weighted by Crippen LogP contribution is 2.55. The fraction of sp³-hybridized carbons (Fsp3) is 0.0667. The molecule has 31 rings (SSSR count). The lowest BCUT2D eigenvalue weighted by molar-refractivity contribution is 0.666. The van der Waals surface area contributed by atoms with Crippen LogP contribution < -0.4 is 31.5 Å². The lowest BCUT2D eigenvalue weighted by Crippen LogP contribution is -2.50. The Morgan fingerprint density at radius 1 is 0.228 bits per heavy atom. The molecule has 0 saturated heterocycles. The molecule has 10 nitrogen and oxygen atoms in total. The van der Waals surface area contributed by atoms with Gasteiger partial charge < -0.3 is 18.3 Å². The first-order valence-corrected chi connectivity index (χ1v) is 61.4. The molecule has 0 amide bonds. The van der Waals surface area contributed by atoms with Crippen molar-refractivity contribution in [3.63, 3.8) is 0 Å². The minimum absolute atomic E-state index is 0.109. The average Bonchev–Trinajstić information content (AvgIpc) is 1.54. The molecule has 4 aliphatic rings. The van der Waals surface area contributed by atoms with Gasteiger partial charge in [0, 0.05) is 157 Å². The Kier molecular flexibility index (Phi) is 19.8. The highest BCUT2D eigenvalue weighted by molar-refractivity contribution is 7.26. The van der Waals surface area contributed by atoms with E-state index >= 15 is 0 Å². The van der Waals surface area contributed by atoms with E-state index in [4.69, 9.17) is 29.9 Å². The van der Waals surface area contributed by atoms with E-state index in [1.54, 1.807) is 0 Å². The molecule has 0 bridgehead atoms. The number of thiophene rings is 1. The molecule has 8 aromatic heterocycles. The fourth-order valence-corrected chi connectivity index (χ4v) is 35.5. The van der Waals surface area contributed by atoms with Gasteiger partial charge in [0.2, 0.25) is 0 Å². The van der Waals surface area contributed by atoms with Gasteiger partial charge in [-0.15, -0.1) is 11.3 Å². The Balaban J connectivity index is 0.000000105. The van der Waals surface area contributed by atoms with Crippen molar-refractivity contribution in [1.29, 1.82) is 0 Å². The summed E-state index contributed by atoms with van der Waals surface area (Å²) in [6.45, 7) is 19.3. The largest absolute Gasteiger partial charge is 0.309 e. The maximum atomic E-state index is 5.47. The van der Waals surface area contributed by atoms with Crippen LogP contribution in [0.1, 0.15) is 25.0 Å². The normalized spacial score (nSPS) is 13.9. The summed E-state index contributed by atoms with van der Waals surface area (Å²) in [5.41, 5.74) is 36.4. The van der Waals surface area contributed by atoms with Crippen LogP contribution in [0.2, 0.25) is 39.3 Å². The van der Waals surface area contributed by atoms with Crippen molar-refractivity contribution in [3.8, 4) is 135 Å². The molecule has 14 heteroatoms. The highest BCUT2D eigenvalue weighted by Gasteiger charge is 2.46. The number of benzene rings is 19. The molecule has 3 aliphatic heterocycles. The minimum atomic E-state index is -2.08. The Bertz CT molecular complexity index is 10300. The summed E-state index contributed by atoms with van der Waals surface area (Å²) in [6.07, 6.45) is 0. The number of hydrogen-bond acceptors (Lipinski definition) is 7. The molecule has 11 heterocycles. The molecule has 706 valence electrons. The zero-order chi connectivity index (χ0) is 99.6. The summed E-state index contributed by atoms with van der Waals surface area (Å²) >= 11 is 1.89. The lowest BCUT2D eigenvalue weighted by atomic mass is 9.80. The topological polar surface area (TPSA) is 97.1 Å². The smallest absolute Gasteiger partial charge is 0.159 e. The van der Waals surface area contributed by atoms with E-state index < -0.39 is 24.2 Å². The molecule has 27 aromatic rings. The molecule has 0 unspecified atom stereocenters. The maximum absolute atomic E-state index is 5.47. The number of aromatic nitrogens is 10. The monoisotopic (exact) mass is 1970 g/mol. The molecule has 0 radical (unpaired) electrons. The van der Waals surface area contributed by atoms with E-state index in [2.05, 4.69) is 520 Å². The second-order valence-corrected chi connectivity index (χ2v) is 56.0. The highest BCUT2D eigenvalue weighted by atomic mass is 32.1. The number of nitrogens with zero attached hydrogens (tertiary/aromatic N) is 10. The van der Waals surface area contributed by atoms with E-state index in [1.165, 1.54) is 195 Å². The van der Waals surface area contributed by atoms with Gasteiger partial charge in [0.25, 0.3) is 0 Å². The van der Waals surface area contributed by atoms with Crippen LogP contribution >= 0.6 is 11.3 Å². The molecular formula is C135H98N10SSi3. The molecule has 1 aliphatic carbocycles. The maximum Gasteiger partial charge on any atom is 0.159 e. The van der Waals surface area contributed by atoms with E-state index in [0.29, 0.717) is 0 Å². The Morgan fingerprint density at radius 2 is 0.557 bits per heavy atom. The van der Waals surface area contributed by atoms with Gasteiger partial charge in [-0.25, -0.2) is 29.9 Å². The second kappa shape index (κ2) is 33.5. The zero-order valence-corrected chi connectivity index (χ0v) is 87.4. The molecule has 0 N–H and O–H groups in total. The van der Waals surface area contributed by atoms with Crippen LogP contribution in [0, 0.1) is 0 Å². The third-order valence-electron chi connectivity index (χ3n) is 32.4. The van der Waals surface area contributed by atoms with Gasteiger partial charge >= 0.3 is 0 Å². The van der Waals surface area contributed by atoms with Crippen LogP contribution in [-0.4, -0.2) is 72.4 Å². The molecule has 0 saturated carbocycles. The number of rotatable bonds is 10. The number of hydrogen-bond donors (Lipinski definition) is 0. The van der Waals surface area contributed by atoms with Gasteiger partial charge in [-0.2, -0.15) is 0 Å². The third-order valence-corrected chi connectivity index (χ3v) is 43.5. The molecule has 0 atom stereocenters. The summed E-state index contributed by atoms with van der Waals surface area (Å²) in [6, 6.07) is 162. The van der Waals surface area contributed by atoms with E-state index in [-0.39, 0.29) is 5.41 Å². The van der Waals surface area contributed by atoms with Gasteiger partial charge in [-0.1, -0.05) is 405 Å². The number of para-hydroxylation sites is 5. The van der Waals surface area contributed by atoms with E-state index in [9.17, 15) is 0 Å². The van der Waals surface area contributed by atoms with Gasteiger partial charge in [-0.05, 0) is 152 Å². The van der Waals surface area contributed by atoms with Crippen LogP contribution in [-0.2, 0) is 5.41 Å². The second-order valence-electron chi connectivity index (χ2n) is 42.2. The van der Waals surface area contributed by atoms with Crippen molar-refractivity contribution in [3.05, 3.63) is 460 Å². The van der Waals surface area contributed by atoms with Crippen molar-refractivity contribution in [2.75, 3.05) is 0 Å². The van der Waals surface area contributed by atoms with Gasteiger partial charge in [0.15, 0.2) is 17.5 Å². The van der Waals surface area contributed by atoms with Crippen molar-refractivity contribution in [1.82, 2.24) is 48.2 Å². The first kappa shape index (κ1) is 88.0. The molecule has 0 spiro atoms. The molecular weight excluding hydrogens is 1880 g/mol. The summed E-state index contributed by atoms with van der Waals surface area (Å²) in [5.74, 6) is 2.33. The standard InChI is InChI=1S/C48H34N4Si.C45H35N3Si.C42H29N3SSi/c1-53(2)42-27-14-11-24-38(42)44-45(31-16-5-3-6-17-31)49-47(50-48(44)53)32-18-15-21-34(30-32)51-40-26-13-10-23-37(40)43-41(51)29-28-36-35-22-9-12-25-39(35)52(46(36)43)33-19-7-4-8-20-33;1-45(2)35-22-11-8-19-31(35)32-25-26-37-39(41(32)45)33-20-9-12-23-36(33)48(37)30-18-14-17-29(27-30)43-46-42(28-15-6-5-7-16-28)40-34-21-10-13-24-38(34)49(3,4)44(40)47-43;1-47(2)36-22-11-8-19-32(36)38-39(26-13-4-3-5-14-26)43-41(44-42(38)47)27-15-12-16-28(25-27)45-33-20-9-6-18-31(33)37-34(45)24-23-30-29-17-7-10-21-35(29)46-40(30)37/h3-30H,1-2H3;5-27H,1-4H3;3-25H,1-2H3. The Labute approximate surface area is 869 Å². The minimum Gasteiger partial charge on any atom is -0.309 e. The van der Waals surface area contributed by atoms with Crippen LogP contribution in [0.15, 0.2) is 449 Å². The van der Waals surface area contributed by atoms with Crippen molar-refractivity contribution in [2.24, 2.45) is 0 Å². The summed E-state index contributed by atoms with van der Waals surface area (Å²) in [4.78, 5) is 32.5. The number of fused-ring (bicyclic) bond motifs is 30. The fourth-order valence-electron chi connectivity index (χ4n) is 25.5. The van der Waals surface area contributed by atoms with Crippen molar-refractivity contribution in [2.45, 2.75) is 58.5 Å². The summed E-state index contributed by atoms with van der Waals surface area (Å²) < 4.78 is 12.4. The first-order valence-electron chi connectivity index (χ1n) is 51.6. The third kappa shape index (κ3) is 13.3. The van der Waals surface area contributed by atoms with Crippen LogP contribution in [0.25, 0.3) is 243 Å². The van der Waals surface area contributed by atoms with Crippen LogP contribution in [0.5, 0.6) is 0 Å². The summed E-state index contributed by atoms with van der Waals surface area (Å²) in [5, 5.41) is 20.8. The SMILES string of the molecule is CC1(C)c2ccccc2-c2ccc3c(c21)c1ccccc1n3-c1cccc(-c2nc(-c3ccccc3)c3c(n2)[Si](C)(C)c2ccccc2-3)c1.C[Si]1(C)c2ccccc2-c2c(-c3ccccc3)nc(-c3cccc(-n4c5ccccc5c5c4ccc4c6ccccc6n(-c6ccccc6)c45)c3)nc21.C[Si]1(C)c2ccccc2-c2c(-c3ccccc3)nc(-c3cccc(-n4c5ccccc5c5c6sc7ccccc7c6ccc54)c3)nc21. The Hall–Kier alpha value is -17.5. The van der Waals surface area contributed by atoms with Crippen molar-refractivity contribution >= 4 is 174 Å². The van der Waals surface area contributed by atoms with Crippen LogP contribution in [0.4, 0.5) is 0 Å². The van der Waals surface area contributed by atoms with Gasteiger partial charge in [-0.3, -0.25) is 0 Å². The van der Waals surface area contributed by atoms with Gasteiger partial charge in [0.1, 0.15) is 24.2 Å². The first-order chi connectivity index (χ1) is 73.0. The predicted molar refractivity (Wildman–Crippen MR) is 633 cm³/mol.